The van der Waals surface area contributed by atoms with Crippen molar-refractivity contribution in [3.8, 4) is 5.75 Å². The summed E-state index contributed by atoms with van der Waals surface area (Å²) in [5, 5.41) is 7.60. The van der Waals surface area contributed by atoms with Gasteiger partial charge in [-0.05, 0) is 54.4 Å². The standard InChI is InChI=1S/C22H19Cl3N2O2/c1-14-6-8-16(11-18(14)24)26-12-15-7-9-21(19(25)10-15)29-13-22(28)27-20-5-3-2-4-17(20)23/h2-11,26H,12-13H2,1H3,(H,27,28). The second-order valence-corrected chi connectivity index (χ2v) is 7.62. The van der Waals surface area contributed by atoms with Crippen LogP contribution in [0.2, 0.25) is 15.1 Å². The molecule has 4 nitrogen and oxygen atoms in total. The van der Waals surface area contributed by atoms with Crippen LogP contribution in [0.5, 0.6) is 5.75 Å². The van der Waals surface area contributed by atoms with Crippen molar-refractivity contribution in [2.45, 2.75) is 13.5 Å². The molecule has 29 heavy (non-hydrogen) atoms. The van der Waals surface area contributed by atoms with Crippen LogP contribution >= 0.6 is 34.8 Å². The van der Waals surface area contributed by atoms with E-state index in [2.05, 4.69) is 10.6 Å². The van der Waals surface area contributed by atoms with Crippen molar-refractivity contribution in [2.24, 2.45) is 0 Å². The predicted octanol–water partition coefficient (Wildman–Crippen LogP) is 6.58. The average molecular weight is 450 g/mol. The van der Waals surface area contributed by atoms with Crippen molar-refractivity contribution in [3.63, 3.8) is 0 Å². The molecule has 0 saturated heterocycles. The predicted molar refractivity (Wildman–Crippen MR) is 121 cm³/mol. The van der Waals surface area contributed by atoms with Gasteiger partial charge in [0, 0.05) is 17.3 Å². The Morgan fingerprint density at radius 1 is 0.931 bits per heavy atom. The fraction of sp³-hybridized carbons (Fsp3) is 0.136. The quantitative estimate of drug-likeness (QED) is 0.428. The average Bonchev–Trinajstić information content (AvgIpc) is 2.70. The third-order valence-electron chi connectivity index (χ3n) is 4.17. The summed E-state index contributed by atoms with van der Waals surface area (Å²) in [7, 11) is 0. The monoisotopic (exact) mass is 448 g/mol. The lowest BCUT2D eigenvalue weighted by molar-refractivity contribution is -0.118. The van der Waals surface area contributed by atoms with E-state index in [4.69, 9.17) is 39.5 Å². The maximum absolute atomic E-state index is 12.1. The first-order chi connectivity index (χ1) is 13.9. The summed E-state index contributed by atoms with van der Waals surface area (Å²) < 4.78 is 5.53. The van der Waals surface area contributed by atoms with Crippen LogP contribution in [0.15, 0.2) is 60.7 Å². The molecule has 0 aromatic heterocycles. The summed E-state index contributed by atoms with van der Waals surface area (Å²) in [5.41, 5.74) is 3.46. The topological polar surface area (TPSA) is 50.4 Å². The number of benzene rings is 3. The highest BCUT2D eigenvalue weighted by Crippen LogP contribution is 2.27. The molecule has 0 aliphatic heterocycles. The van der Waals surface area contributed by atoms with Crippen LogP contribution in [0.1, 0.15) is 11.1 Å². The van der Waals surface area contributed by atoms with Gasteiger partial charge in [0.2, 0.25) is 0 Å². The number of rotatable bonds is 7. The number of carbonyl (C=O) groups is 1. The van der Waals surface area contributed by atoms with Crippen LogP contribution in [-0.4, -0.2) is 12.5 Å². The zero-order valence-corrected chi connectivity index (χ0v) is 17.9. The Kier molecular flexibility index (Phi) is 7.26. The summed E-state index contributed by atoms with van der Waals surface area (Å²) in [6.07, 6.45) is 0. The molecule has 3 rings (SSSR count). The van der Waals surface area contributed by atoms with E-state index in [1.165, 1.54) is 0 Å². The third kappa shape index (κ3) is 6.04. The van der Waals surface area contributed by atoms with Gasteiger partial charge in [-0.3, -0.25) is 4.79 Å². The molecule has 7 heteroatoms. The molecule has 0 aliphatic carbocycles. The van der Waals surface area contributed by atoms with Crippen LogP contribution in [0.4, 0.5) is 11.4 Å². The van der Waals surface area contributed by atoms with Gasteiger partial charge in [-0.25, -0.2) is 0 Å². The van der Waals surface area contributed by atoms with Crippen molar-refractivity contribution >= 4 is 52.1 Å². The van der Waals surface area contributed by atoms with E-state index in [0.29, 0.717) is 33.0 Å². The smallest absolute Gasteiger partial charge is 0.262 e. The minimum Gasteiger partial charge on any atom is -0.482 e. The summed E-state index contributed by atoms with van der Waals surface area (Å²) in [5.74, 6) is 0.110. The number of aryl methyl sites for hydroxylation is 1. The normalized spacial score (nSPS) is 10.5. The number of para-hydroxylation sites is 1. The van der Waals surface area contributed by atoms with Crippen LogP contribution < -0.4 is 15.4 Å². The first-order valence-electron chi connectivity index (χ1n) is 8.88. The van der Waals surface area contributed by atoms with Crippen molar-refractivity contribution in [2.75, 3.05) is 17.2 Å². The van der Waals surface area contributed by atoms with Gasteiger partial charge in [0.1, 0.15) is 5.75 Å². The molecule has 0 radical (unpaired) electrons. The zero-order valence-electron chi connectivity index (χ0n) is 15.6. The van der Waals surface area contributed by atoms with Gasteiger partial charge in [0.05, 0.1) is 15.7 Å². The van der Waals surface area contributed by atoms with Crippen LogP contribution in [-0.2, 0) is 11.3 Å². The Morgan fingerprint density at radius 3 is 2.45 bits per heavy atom. The lowest BCUT2D eigenvalue weighted by Gasteiger charge is -2.12. The van der Waals surface area contributed by atoms with E-state index in [9.17, 15) is 4.79 Å². The number of anilines is 2. The number of nitrogens with one attached hydrogen (secondary N) is 2. The Morgan fingerprint density at radius 2 is 1.72 bits per heavy atom. The highest BCUT2D eigenvalue weighted by molar-refractivity contribution is 6.33. The fourth-order valence-corrected chi connectivity index (χ4v) is 3.19. The molecule has 0 spiro atoms. The Labute approximate surface area is 184 Å². The summed E-state index contributed by atoms with van der Waals surface area (Å²) in [6.45, 7) is 2.36. The molecule has 0 saturated carbocycles. The van der Waals surface area contributed by atoms with Gasteiger partial charge in [-0.15, -0.1) is 0 Å². The van der Waals surface area contributed by atoms with Crippen molar-refractivity contribution in [1.82, 2.24) is 0 Å². The maximum Gasteiger partial charge on any atom is 0.262 e. The minimum atomic E-state index is -0.323. The van der Waals surface area contributed by atoms with E-state index in [1.807, 2.05) is 31.2 Å². The van der Waals surface area contributed by atoms with Crippen molar-refractivity contribution in [1.29, 1.82) is 0 Å². The van der Waals surface area contributed by atoms with Gasteiger partial charge in [0.25, 0.3) is 5.91 Å². The molecule has 0 bridgehead atoms. The number of hydrogen-bond acceptors (Lipinski definition) is 3. The molecule has 3 aromatic rings. The largest absolute Gasteiger partial charge is 0.482 e. The van der Waals surface area contributed by atoms with Crippen LogP contribution in [0, 0.1) is 6.92 Å². The molecule has 0 heterocycles. The number of hydrogen-bond donors (Lipinski definition) is 2. The number of halogens is 3. The van der Waals surface area contributed by atoms with Gasteiger partial charge in [-0.1, -0.05) is 59.1 Å². The molecular formula is C22H19Cl3N2O2. The molecular weight excluding hydrogens is 431 g/mol. The molecule has 0 aliphatic rings. The molecule has 2 N–H and O–H groups in total. The molecule has 3 aromatic carbocycles. The summed E-state index contributed by atoms with van der Waals surface area (Å²) >= 11 is 18.5. The second-order valence-electron chi connectivity index (χ2n) is 6.40. The van der Waals surface area contributed by atoms with Gasteiger partial charge in [-0.2, -0.15) is 0 Å². The van der Waals surface area contributed by atoms with E-state index in [0.717, 1.165) is 16.8 Å². The van der Waals surface area contributed by atoms with E-state index < -0.39 is 0 Å². The molecule has 0 atom stereocenters. The van der Waals surface area contributed by atoms with Crippen LogP contribution in [0.3, 0.4) is 0 Å². The molecule has 0 fully saturated rings. The van der Waals surface area contributed by atoms with Gasteiger partial charge >= 0.3 is 0 Å². The Balaban J connectivity index is 1.54. The van der Waals surface area contributed by atoms with Gasteiger partial charge in [0.15, 0.2) is 6.61 Å². The lowest BCUT2D eigenvalue weighted by Crippen LogP contribution is -2.20. The molecule has 150 valence electrons. The summed E-state index contributed by atoms with van der Waals surface area (Å²) in [4.78, 5) is 12.1. The molecule has 1 amide bonds. The van der Waals surface area contributed by atoms with Crippen molar-refractivity contribution < 1.29 is 9.53 Å². The Bertz CT molecular complexity index is 1020. The zero-order chi connectivity index (χ0) is 20.8. The first-order valence-corrected chi connectivity index (χ1v) is 10.0. The highest BCUT2D eigenvalue weighted by atomic mass is 35.5. The number of ether oxygens (including phenoxy) is 1. The maximum atomic E-state index is 12.1. The van der Waals surface area contributed by atoms with E-state index in [-0.39, 0.29) is 12.5 Å². The van der Waals surface area contributed by atoms with E-state index in [1.54, 1.807) is 36.4 Å². The lowest BCUT2D eigenvalue weighted by atomic mass is 10.2. The minimum absolute atomic E-state index is 0.176. The van der Waals surface area contributed by atoms with E-state index >= 15 is 0 Å². The van der Waals surface area contributed by atoms with Crippen LogP contribution in [0.25, 0.3) is 0 Å². The van der Waals surface area contributed by atoms with Crippen molar-refractivity contribution in [3.05, 3.63) is 86.9 Å². The number of amides is 1. The highest BCUT2D eigenvalue weighted by Gasteiger charge is 2.09. The fourth-order valence-electron chi connectivity index (χ4n) is 2.57. The van der Waals surface area contributed by atoms with Gasteiger partial charge < -0.3 is 15.4 Å². The Hall–Kier alpha value is -2.40. The SMILES string of the molecule is Cc1ccc(NCc2ccc(OCC(=O)Nc3ccccc3Cl)c(Cl)c2)cc1Cl. The summed E-state index contributed by atoms with van der Waals surface area (Å²) in [6, 6.07) is 18.2. The first kappa shape index (κ1) is 21.3. The molecule has 0 unspecified atom stereocenters. The third-order valence-corrected chi connectivity index (χ3v) is 5.20. The second kappa shape index (κ2) is 9.88. The number of carbonyl (C=O) groups excluding carboxylic acids is 1.